The van der Waals surface area contributed by atoms with Crippen LogP contribution in [-0.4, -0.2) is 32.8 Å². The van der Waals surface area contributed by atoms with Crippen LogP contribution in [0, 0.1) is 13.8 Å². The number of rotatable bonds is 7. The summed E-state index contributed by atoms with van der Waals surface area (Å²) in [4.78, 5) is 24.5. The van der Waals surface area contributed by atoms with Gasteiger partial charge in [0.05, 0.1) is 10.5 Å². The van der Waals surface area contributed by atoms with Crippen LogP contribution in [-0.2, 0) is 14.8 Å². The number of ether oxygens (including phenoxy) is 1. The number of nitrogens with one attached hydrogen (secondary N) is 1. The predicted octanol–water partition coefficient (Wildman–Crippen LogP) is 3.03. The molecule has 2 aromatic carbocycles. The molecule has 0 atom stereocenters. The number of ketones is 1. The third-order valence-electron chi connectivity index (χ3n) is 3.80. The Balaban J connectivity index is 2.11. The molecule has 0 saturated carbocycles. The number of hydrogen-bond acceptors (Lipinski definition) is 5. The van der Waals surface area contributed by atoms with E-state index in [1.165, 1.54) is 24.3 Å². The maximum Gasteiger partial charge on any atom is 0.338 e. The summed E-state index contributed by atoms with van der Waals surface area (Å²) >= 11 is 0. The predicted molar refractivity (Wildman–Crippen MR) is 102 cm³/mol. The minimum absolute atomic E-state index is 0.0356. The van der Waals surface area contributed by atoms with E-state index < -0.39 is 22.6 Å². The zero-order chi connectivity index (χ0) is 20.2. The molecule has 0 unspecified atom stereocenters. The molecule has 0 aliphatic heterocycles. The van der Waals surface area contributed by atoms with Crippen molar-refractivity contribution in [3.8, 4) is 0 Å². The molecule has 0 aliphatic rings. The molecule has 6 nitrogen and oxygen atoms in total. The topological polar surface area (TPSA) is 89.5 Å². The first-order valence-corrected chi connectivity index (χ1v) is 9.98. The summed E-state index contributed by atoms with van der Waals surface area (Å²) in [5.74, 6) is -1.06. The number of esters is 1. The van der Waals surface area contributed by atoms with Crippen molar-refractivity contribution in [2.75, 3.05) is 6.61 Å². The monoisotopic (exact) mass is 389 g/mol. The van der Waals surface area contributed by atoms with Gasteiger partial charge in [0, 0.05) is 11.6 Å². The van der Waals surface area contributed by atoms with E-state index in [1.54, 1.807) is 19.9 Å². The molecule has 27 heavy (non-hydrogen) atoms. The molecule has 7 heteroatoms. The van der Waals surface area contributed by atoms with Crippen molar-refractivity contribution >= 4 is 21.8 Å². The Labute approximate surface area is 159 Å². The summed E-state index contributed by atoms with van der Waals surface area (Å²) in [5, 5.41) is 0. The van der Waals surface area contributed by atoms with E-state index in [2.05, 4.69) is 4.72 Å². The molecule has 0 aromatic heterocycles. The molecular weight excluding hydrogens is 366 g/mol. The average molecular weight is 389 g/mol. The summed E-state index contributed by atoms with van der Waals surface area (Å²) in [5.41, 5.74) is 2.30. The van der Waals surface area contributed by atoms with Gasteiger partial charge in [-0.15, -0.1) is 0 Å². The lowest BCUT2D eigenvalue weighted by Crippen LogP contribution is -2.30. The minimum atomic E-state index is -3.72. The molecule has 0 aliphatic carbocycles. The number of Topliss-reactive ketones (excluding diaryl/α,β-unsaturated/α-hetero) is 1. The smallest absolute Gasteiger partial charge is 0.338 e. The fourth-order valence-electron chi connectivity index (χ4n) is 2.50. The van der Waals surface area contributed by atoms with E-state index in [-0.39, 0.29) is 22.3 Å². The number of benzene rings is 2. The van der Waals surface area contributed by atoms with Crippen LogP contribution in [0.5, 0.6) is 0 Å². The van der Waals surface area contributed by atoms with Gasteiger partial charge < -0.3 is 4.74 Å². The first kappa shape index (κ1) is 20.8. The molecule has 144 valence electrons. The second kappa shape index (κ2) is 8.45. The number of carbonyl (C=O) groups is 2. The first-order chi connectivity index (χ1) is 12.6. The zero-order valence-electron chi connectivity index (χ0n) is 15.8. The molecule has 0 fully saturated rings. The second-order valence-electron chi connectivity index (χ2n) is 6.62. The Bertz CT molecular complexity index is 964. The summed E-state index contributed by atoms with van der Waals surface area (Å²) in [7, 11) is -3.72. The number of sulfonamides is 1. The average Bonchev–Trinajstić information content (AvgIpc) is 2.60. The zero-order valence-corrected chi connectivity index (χ0v) is 16.6. The SMILES string of the molecule is Cc1ccc(C)c(C(=O)COC(=O)c2cccc(S(=O)(=O)NC(C)C)c2)c1. The fourth-order valence-corrected chi connectivity index (χ4v) is 3.79. The van der Waals surface area contributed by atoms with E-state index in [9.17, 15) is 18.0 Å². The van der Waals surface area contributed by atoms with Gasteiger partial charge in [-0.3, -0.25) is 4.79 Å². The summed E-state index contributed by atoms with van der Waals surface area (Å²) < 4.78 is 32.0. The molecule has 0 saturated heterocycles. The van der Waals surface area contributed by atoms with Crippen molar-refractivity contribution < 1.29 is 22.7 Å². The van der Waals surface area contributed by atoms with E-state index in [0.29, 0.717) is 5.56 Å². The van der Waals surface area contributed by atoms with Crippen molar-refractivity contribution in [3.63, 3.8) is 0 Å². The fraction of sp³-hybridized carbons (Fsp3) is 0.300. The Kier molecular flexibility index (Phi) is 6.51. The van der Waals surface area contributed by atoms with Crippen LogP contribution in [0.4, 0.5) is 0 Å². The van der Waals surface area contributed by atoms with Crippen LogP contribution >= 0.6 is 0 Å². The van der Waals surface area contributed by atoms with Crippen LogP contribution in [0.1, 0.15) is 45.7 Å². The van der Waals surface area contributed by atoms with Gasteiger partial charge in [0.1, 0.15) is 0 Å². The Morgan fingerprint density at radius 1 is 1.07 bits per heavy atom. The van der Waals surface area contributed by atoms with Crippen molar-refractivity contribution in [3.05, 3.63) is 64.7 Å². The largest absolute Gasteiger partial charge is 0.454 e. The van der Waals surface area contributed by atoms with Crippen LogP contribution in [0.2, 0.25) is 0 Å². The van der Waals surface area contributed by atoms with Crippen molar-refractivity contribution in [1.29, 1.82) is 0 Å². The highest BCUT2D eigenvalue weighted by atomic mass is 32.2. The summed E-state index contributed by atoms with van der Waals surface area (Å²) in [6.45, 7) is 6.68. The Hall–Kier alpha value is -2.51. The van der Waals surface area contributed by atoms with Gasteiger partial charge in [-0.25, -0.2) is 17.9 Å². The van der Waals surface area contributed by atoms with E-state index in [4.69, 9.17) is 4.74 Å². The Morgan fingerprint density at radius 2 is 1.78 bits per heavy atom. The normalized spacial score (nSPS) is 11.4. The molecule has 0 bridgehead atoms. The van der Waals surface area contributed by atoms with Gasteiger partial charge in [0.15, 0.2) is 6.61 Å². The molecule has 0 heterocycles. The third-order valence-corrected chi connectivity index (χ3v) is 5.45. The molecule has 1 N–H and O–H groups in total. The van der Waals surface area contributed by atoms with Crippen LogP contribution in [0.25, 0.3) is 0 Å². The minimum Gasteiger partial charge on any atom is -0.454 e. The maximum atomic E-state index is 12.3. The van der Waals surface area contributed by atoms with Gasteiger partial charge >= 0.3 is 5.97 Å². The van der Waals surface area contributed by atoms with Gasteiger partial charge in [0.25, 0.3) is 0 Å². The lowest BCUT2D eigenvalue weighted by molar-refractivity contribution is 0.0474. The first-order valence-electron chi connectivity index (χ1n) is 8.50. The van der Waals surface area contributed by atoms with Crippen molar-refractivity contribution in [1.82, 2.24) is 4.72 Å². The molecule has 0 radical (unpaired) electrons. The van der Waals surface area contributed by atoms with Crippen LogP contribution < -0.4 is 4.72 Å². The van der Waals surface area contributed by atoms with Gasteiger partial charge in [-0.2, -0.15) is 0 Å². The quantitative estimate of drug-likeness (QED) is 0.581. The van der Waals surface area contributed by atoms with Crippen LogP contribution in [0.3, 0.4) is 0 Å². The van der Waals surface area contributed by atoms with Gasteiger partial charge in [0.2, 0.25) is 15.8 Å². The molecule has 0 spiro atoms. The highest BCUT2D eigenvalue weighted by Crippen LogP contribution is 2.15. The number of hydrogen-bond donors (Lipinski definition) is 1. The van der Waals surface area contributed by atoms with Gasteiger partial charge in [-0.1, -0.05) is 23.8 Å². The molecular formula is C20H23NO5S. The van der Waals surface area contributed by atoms with Crippen molar-refractivity contribution in [2.45, 2.75) is 38.6 Å². The van der Waals surface area contributed by atoms with Gasteiger partial charge in [-0.05, 0) is 57.5 Å². The van der Waals surface area contributed by atoms with E-state index >= 15 is 0 Å². The Morgan fingerprint density at radius 3 is 2.44 bits per heavy atom. The third kappa shape index (κ3) is 5.48. The summed E-state index contributed by atoms with van der Waals surface area (Å²) in [6, 6.07) is 10.7. The molecule has 0 amide bonds. The van der Waals surface area contributed by atoms with Crippen LogP contribution in [0.15, 0.2) is 47.4 Å². The van der Waals surface area contributed by atoms with Crippen molar-refractivity contribution in [2.24, 2.45) is 0 Å². The molecule has 2 rings (SSSR count). The number of aryl methyl sites for hydroxylation is 2. The second-order valence-corrected chi connectivity index (χ2v) is 8.34. The highest BCUT2D eigenvalue weighted by molar-refractivity contribution is 7.89. The lowest BCUT2D eigenvalue weighted by Gasteiger charge is -2.11. The number of carbonyl (C=O) groups excluding carboxylic acids is 2. The standard InChI is InChI=1S/C20H23NO5S/c1-13(2)21-27(24,25)17-7-5-6-16(11-17)20(23)26-12-19(22)18-10-14(3)8-9-15(18)4/h5-11,13,21H,12H2,1-4H3. The highest BCUT2D eigenvalue weighted by Gasteiger charge is 2.19. The summed E-state index contributed by atoms with van der Waals surface area (Å²) in [6.07, 6.45) is 0. The maximum absolute atomic E-state index is 12.3. The van der Waals surface area contributed by atoms with E-state index in [1.807, 2.05) is 26.0 Å². The van der Waals surface area contributed by atoms with E-state index in [0.717, 1.165) is 11.1 Å². The lowest BCUT2D eigenvalue weighted by atomic mass is 10.0. The molecule has 2 aromatic rings.